The molecule has 2 rings (SSSR count). The van der Waals surface area contributed by atoms with Gasteiger partial charge in [-0.2, -0.15) is 0 Å². The van der Waals surface area contributed by atoms with Crippen LogP contribution in [0.15, 0.2) is 36.4 Å². The van der Waals surface area contributed by atoms with Gasteiger partial charge in [0, 0.05) is 5.33 Å². The Morgan fingerprint density at radius 3 is 2.75 bits per heavy atom. The third-order valence-corrected chi connectivity index (χ3v) is 3.12. The van der Waals surface area contributed by atoms with Crippen LogP contribution in [-0.2, 0) is 10.1 Å². The summed E-state index contributed by atoms with van der Waals surface area (Å²) in [6.45, 7) is 0. The smallest absolute Gasteiger partial charge is 0.337 e. The molecule has 0 saturated carbocycles. The SMILES string of the molecule is COC(=O)c1cc(CBr)c2ccccc2c1. The molecule has 0 saturated heterocycles. The average Bonchev–Trinajstić information content (AvgIpc) is 2.36. The van der Waals surface area contributed by atoms with Crippen molar-refractivity contribution in [2.45, 2.75) is 5.33 Å². The van der Waals surface area contributed by atoms with Gasteiger partial charge in [-0.05, 0) is 28.5 Å². The molecule has 0 heterocycles. The van der Waals surface area contributed by atoms with E-state index in [9.17, 15) is 4.79 Å². The molecule has 0 aliphatic rings. The quantitative estimate of drug-likeness (QED) is 0.621. The third-order valence-electron chi connectivity index (χ3n) is 2.51. The molecule has 0 N–H and O–H groups in total. The van der Waals surface area contributed by atoms with Crippen molar-refractivity contribution in [2.24, 2.45) is 0 Å². The molecule has 3 heteroatoms. The van der Waals surface area contributed by atoms with E-state index in [4.69, 9.17) is 4.74 Å². The molecule has 0 radical (unpaired) electrons. The lowest BCUT2D eigenvalue weighted by molar-refractivity contribution is 0.0601. The van der Waals surface area contributed by atoms with Crippen LogP contribution in [0.2, 0.25) is 0 Å². The number of rotatable bonds is 2. The van der Waals surface area contributed by atoms with Crippen LogP contribution in [0.3, 0.4) is 0 Å². The van der Waals surface area contributed by atoms with Gasteiger partial charge in [-0.3, -0.25) is 0 Å². The Morgan fingerprint density at radius 1 is 1.31 bits per heavy atom. The van der Waals surface area contributed by atoms with Crippen molar-refractivity contribution < 1.29 is 9.53 Å². The van der Waals surface area contributed by atoms with Gasteiger partial charge in [0.25, 0.3) is 0 Å². The Kier molecular flexibility index (Phi) is 3.25. The van der Waals surface area contributed by atoms with Crippen molar-refractivity contribution in [1.82, 2.24) is 0 Å². The van der Waals surface area contributed by atoms with Crippen molar-refractivity contribution in [1.29, 1.82) is 0 Å². The number of alkyl halides is 1. The Bertz CT molecular complexity index is 534. The van der Waals surface area contributed by atoms with Gasteiger partial charge in [0.15, 0.2) is 0 Å². The van der Waals surface area contributed by atoms with Crippen LogP contribution < -0.4 is 0 Å². The van der Waals surface area contributed by atoms with Gasteiger partial charge in [-0.15, -0.1) is 0 Å². The lowest BCUT2D eigenvalue weighted by Gasteiger charge is -2.06. The summed E-state index contributed by atoms with van der Waals surface area (Å²) in [5.74, 6) is -0.298. The zero-order chi connectivity index (χ0) is 11.5. The highest BCUT2D eigenvalue weighted by Gasteiger charge is 2.09. The van der Waals surface area contributed by atoms with E-state index in [1.54, 1.807) is 0 Å². The van der Waals surface area contributed by atoms with Crippen LogP contribution in [0, 0.1) is 0 Å². The first-order valence-corrected chi connectivity index (χ1v) is 6.04. The summed E-state index contributed by atoms with van der Waals surface area (Å²) in [6.07, 6.45) is 0. The number of ether oxygens (including phenoxy) is 1. The maximum atomic E-state index is 11.5. The molecular formula is C13H11BrO2. The molecule has 2 nitrogen and oxygen atoms in total. The van der Waals surface area contributed by atoms with Gasteiger partial charge < -0.3 is 4.74 Å². The summed E-state index contributed by atoms with van der Waals surface area (Å²) in [5.41, 5.74) is 1.69. The number of hydrogen-bond acceptors (Lipinski definition) is 2. The van der Waals surface area contributed by atoms with E-state index in [0.717, 1.165) is 21.7 Å². The largest absolute Gasteiger partial charge is 0.465 e. The van der Waals surface area contributed by atoms with E-state index in [-0.39, 0.29) is 5.97 Å². The number of fused-ring (bicyclic) bond motifs is 1. The molecule has 2 aromatic rings. The molecule has 0 aliphatic heterocycles. The topological polar surface area (TPSA) is 26.3 Å². The van der Waals surface area contributed by atoms with E-state index in [0.29, 0.717) is 5.56 Å². The van der Waals surface area contributed by atoms with Crippen molar-refractivity contribution in [2.75, 3.05) is 7.11 Å². The predicted molar refractivity (Wildman–Crippen MR) is 67.9 cm³/mol. The second-order valence-electron chi connectivity index (χ2n) is 3.48. The molecule has 0 spiro atoms. The molecule has 0 fully saturated rings. The van der Waals surface area contributed by atoms with Crippen LogP contribution >= 0.6 is 15.9 Å². The Morgan fingerprint density at radius 2 is 2.06 bits per heavy atom. The fourth-order valence-electron chi connectivity index (χ4n) is 1.74. The number of hydrogen-bond donors (Lipinski definition) is 0. The molecule has 2 aromatic carbocycles. The van der Waals surface area contributed by atoms with Crippen LogP contribution in [0.25, 0.3) is 10.8 Å². The van der Waals surface area contributed by atoms with Crippen molar-refractivity contribution in [3.8, 4) is 0 Å². The standard InChI is InChI=1S/C13H11BrO2/c1-16-13(15)10-6-9-4-2-3-5-12(9)11(7-10)8-14/h2-7H,8H2,1H3. The summed E-state index contributed by atoms with van der Waals surface area (Å²) < 4.78 is 4.73. The maximum Gasteiger partial charge on any atom is 0.337 e. The first-order chi connectivity index (χ1) is 7.76. The molecule has 0 aromatic heterocycles. The van der Waals surface area contributed by atoms with E-state index in [1.165, 1.54) is 7.11 Å². The summed E-state index contributed by atoms with van der Waals surface area (Å²) >= 11 is 3.43. The number of carbonyl (C=O) groups excluding carboxylic acids is 1. The van der Waals surface area contributed by atoms with E-state index >= 15 is 0 Å². The normalized spacial score (nSPS) is 10.4. The molecular weight excluding hydrogens is 268 g/mol. The van der Waals surface area contributed by atoms with Gasteiger partial charge in [-0.1, -0.05) is 40.2 Å². The highest BCUT2D eigenvalue weighted by atomic mass is 79.9. The fraction of sp³-hybridized carbons (Fsp3) is 0.154. The number of carbonyl (C=O) groups is 1. The molecule has 82 valence electrons. The number of methoxy groups -OCH3 is 1. The molecule has 0 amide bonds. The Hall–Kier alpha value is -1.35. The average molecular weight is 279 g/mol. The minimum atomic E-state index is -0.298. The first kappa shape index (κ1) is 11.1. The number of esters is 1. The zero-order valence-electron chi connectivity index (χ0n) is 8.87. The third kappa shape index (κ3) is 1.95. The second-order valence-corrected chi connectivity index (χ2v) is 4.04. The zero-order valence-corrected chi connectivity index (χ0v) is 10.5. The van der Waals surface area contributed by atoms with E-state index in [2.05, 4.69) is 15.9 Å². The van der Waals surface area contributed by atoms with Gasteiger partial charge >= 0.3 is 5.97 Å². The molecule has 0 bridgehead atoms. The van der Waals surface area contributed by atoms with E-state index in [1.807, 2.05) is 36.4 Å². The van der Waals surface area contributed by atoms with Crippen molar-refractivity contribution >= 4 is 32.7 Å². The van der Waals surface area contributed by atoms with Crippen LogP contribution in [0.1, 0.15) is 15.9 Å². The van der Waals surface area contributed by atoms with Gasteiger partial charge in [0.1, 0.15) is 0 Å². The Balaban J connectivity index is 2.68. The van der Waals surface area contributed by atoms with Gasteiger partial charge in [0.05, 0.1) is 12.7 Å². The minimum absolute atomic E-state index is 0.298. The minimum Gasteiger partial charge on any atom is -0.465 e. The highest BCUT2D eigenvalue weighted by molar-refractivity contribution is 9.08. The van der Waals surface area contributed by atoms with Gasteiger partial charge in [-0.25, -0.2) is 4.79 Å². The number of benzene rings is 2. The molecule has 16 heavy (non-hydrogen) atoms. The molecule has 0 aliphatic carbocycles. The molecule has 0 atom stereocenters. The van der Waals surface area contributed by atoms with Crippen LogP contribution in [0.4, 0.5) is 0 Å². The lowest BCUT2D eigenvalue weighted by Crippen LogP contribution is -2.02. The summed E-state index contributed by atoms with van der Waals surface area (Å²) in [6, 6.07) is 11.7. The summed E-state index contributed by atoms with van der Waals surface area (Å²) in [7, 11) is 1.39. The molecule has 0 unspecified atom stereocenters. The van der Waals surface area contributed by atoms with Gasteiger partial charge in [0.2, 0.25) is 0 Å². The van der Waals surface area contributed by atoms with Crippen LogP contribution in [-0.4, -0.2) is 13.1 Å². The Labute approximate surface area is 102 Å². The summed E-state index contributed by atoms with van der Waals surface area (Å²) in [5, 5.41) is 2.94. The highest BCUT2D eigenvalue weighted by Crippen LogP contribution is 2.23. The summed E-state index contributed by atoms with van der Waals surface area (Å²) in [4.78, 5) is 11.5. The monoisotopic (exact) mass is 278 g/mol. The van der Waals surface area contributed by atoms with Crippen LogP contribution in [0.5, 0.6) is 0 Å². The number of halogens is 1. The fourth-order valence-corrected chi connectivity index (χ4v) is 2.20. The van der Waals surface area contributed by atoms with Crippen molar-refractivity contribution in [3.05, 3.63) is 47.5 Å². The van der Waals surface area contributed by atoms with E-state index < -0.39 is 0 Å². The lowest BCUT2D eigenvalue weighted by atomic mass is 10.0. The maximum absolute atomic E-state index is 11.5. The first-order valence-electron chi connectivity index (χ1n) is 4.92. The predicted octanol–water partition coefficient (Wildman–Crippen LogP) is 3.52. The van der Waals surface area contributed by atoms with Crippen molar-refractivity contribution in [3.63, 3.8) is 0 Å². The second kappa shape index (κ2) is 4.66.